The van der Waals surface area contributed by atoms with Crippen molar-refractivity contribution in [1.29, 1.82) is 0 Å². The number of nitrogens with one attached hydrogen (secondary N) is 3. The number of amides is 2. The molecule has 0 aliphatic carbocycles. The second kappa shape index (κ2) is 6.39. The maximum Gasteiger partial charge on any atom is 0.321 e. The van der Waals surface area contributed by atoms with E-state index in [0.29, 0.717) is 5.69 Å². The van der Waals surface area contributed by atoms with Crippen LogP contribution in [-0.4, -0.2) is 22.7 Å². The van der Waals surface area contributed by atoms with E-state index in [2.05, 4.69) is 20.6 Å². The van der Waals surface area contributed by atoms with E-state index in [0.717, 1.165) is 22.3 Å². The molecular weight excluding hydrogens is 292 g/mol. The number of hydrogen-bond donors (Lipinski definition) is 3. The first-order valence-corrected chi connectivity index (χ1v) is 7.30. The van der Waals surface area contributed by atoms with E-state index in [1.807, 2.05) is 44.2 Å². The quantitative estimate of drug-likeness (QED) is 0.647. The molecule has 0 atom stereocenters. The molecule has 0 spiro atoms. The standard InChI is InChI=1S/C17H18N4O2/c1-11-3-6-16(12(2)7-11)23-10-20-17(22)21-13-4-5-14-15(8-13)19-9-18-14/h3-9H,10H2,1-2H3,(H,18,19)(H2,20,21,22). The molecule has 0 radical (unpaired) electrons. The number of aromatic nitrogens is 2. The van der Waals surface area contributed by atoms with Crippen LogP contribution in [0.25, 0.3) is 11.0 Å². The summed E-state index contributed by atoms with van der Waals surface area (Å²) in [4.78, 5) is 19.0. The van der Waals surface area contributed by atoms with Crippen molar-refractivity contribution in [1.82, 2.24) is 15.3 Å². The summed E-state index contributed by atoms with van der Waals surface area (Å²) in [6.45, 7) is 4.10. The van der Waals surface area contributed by atoms with Gasteiger partial charge in [-0.25, -0.2) is 9.78 Å². The van der Waals surface area contributed by atoms with Crippen molar-refractivity contribution >= 4 is 22.8 Å². The van der Waals surface area contributed by atoms with Crippen LogP contribution < -0.4 is 15.4 Å². The Kier molecular flexibility index (Phi) is 4.14. The van der Waals surface area contributed by atoms with Crippen LogP contribution in [0.1, 0.15) is 11.1 Å². The van der Waals surface area contributed by atoms with E-state index >= 15 is 0 Å². The topological polar surface area (TPSA) is 79.0 Å². The van der Waals surface area contributed by atoms with Crippen LogP contribution in [0.15, 0.2) is 42.7 Å². The fraction of sp³-hybridized carbons (Fsp3) is 0.176. The predicted molar refractivity (Wildman–Crippen MR) is 89.7 cm³/mol. The average molecular weight is 310 g/mol. The van der Waals surface area contributed by atoms with Gasteiger partial charge >= 0.3 is 6.03 Å². The van der Waals surface area contributed by atoms with Gasteiger partial charge in [-0.3, -0.25) is 0 Å². The minimum absolute atomic E-state index is 0.0992. The first kappa shape index (κ1) is 14.9. The number of nitrogens with zero attached hydrogens (tertiary/aromatic N) is 1. The fourth-order valence-corrected chi connectivity index (χ4v) is 2.33. The van der Waals surface area contributed by atoms with Gasteiger partial charge in [-0.2, -0.15) is 0 Å². The second-order valence-electron chi connectivity index (χ2n) is 5.32. The van der Waals surface area contributed by atoms with Gasteiger partial charge in [-0.05, 0) is 43.7 Å². The number of carbonyl (C=O) groups excluding carboxylic acids is 1. The number of rotatable bonds is 4. The van der Waals surface area contributed by atoms with Gasteiger partial charge < -0.3 is 20.4 Å². The van der Waals surface area contributed by atoms with Gasteiger partial charge in [0.25, 0.3) is 0 Å². The summed E-state index contributed by atoms with van der Waals surface area (Å²) in [5.74, 6) is 0.759. The molecule has 0 aliphatic rings. The molecule has 2 amide bonds. The number of urea groups is 1. The molecule has 6 heteroatoms. The van der Waals surface area contributed by atoms with E-state index < -0.39 is 0 Å². The Morgan fingerprint density at radius 1 is 1.22 bits per heavy atom. The Morgan fingerprint density at radius 3 is 2.91 bits per heavy atom. The molecule has 3 aromatic rings. The minimum Gasteiger partial charge on any atom is -0.473 e. The van der Waals surface area contributed by atoms with Crippen molar-refractivity contribution in [3.63, 3.8) is 0 Å². The highest BCUT2D eigenvalue weighted by Crippen LogP contribution is 2.18. The molecule has 1 heterocycles. The number of anilines is 1. The van der Waals surface area contributed by atoms with E-state index in [1.54, 1.807) is 12.4 Å². The Hall–Kier alpha value is -3.02. The zero-order valence-corrected chi connectivity index (χ0v) is 13.0. The fourth-order valence-electron chi connectivity index (χ4n) is 2.33. The van der Waals surface area contributed by atoms with Gasteiger partial charge in [0.15, 0.2) is 6.73 Å². The van der Waals surface area contributed by atoms with Gasteiger partial charge in [0.2, 0.25) is 0 Å². The summed E-state index contributed by atoms with van der Waals surface area (Å²) in [6, 6.07) is 11.1. The number of hydrogen-bond acceptors (Lipinski definition) is 3. The van der Waals surface area contributed by atoms with Crippen molar-refractivity contribution in [2.24, 2.45) is 0 Å². The maximum absolute atomic E-state index is 11.9. The van der Waals surface area contributed by atoms with Gasteiger partial charge in [-0.1, -0.05) is 17.7 Å². The SMILES string of the molecule is Cc1ccc(OCNC(=O)Nc2ccc3nc[nH]c3c2)c(C)c1. The number of H-pyrrole nitrogens is 1. The molecule has 23 heavy (non-hydrogen) atoms. The van der Waals surface area contributed by atoms with Crippen molar-refractivity contribution in [3.8, 4) is 5.75 Å². The van der Waals surface area contributed by atoms with Crippen molar-refractivity contribution in [3.05, 3.63) is 53.9 Å². The number of benzene rings is 2. The number of ether oxygens (including phenoxy) is 1. The third kappa shape index (κ3) is 3.60. The van der Waals surface area contributed by atoms with Crippen LogP contribution in [0.4, 0.5) is 10.5 Å². The van der Waals surface area contributed by atoms with E-state index in [9.17, 15) is 4.79 Å². The minimum atomic E-state index is -0.325. The zero-order valence-electron chi connectivity index (χ0n) is 13.0. The Bertz CT molecular complexity index is 841. The molecule has 2 aromatic carbocycles. The highest BCUT2D eigenvalue weighted by molar-refractivity contribution is 5.91. The third-order valence-electron chi connectivity index (χ3n) is 3.47. The monoisotopic (exact) mass is 310 g/mol. The van der Waals surface area contributed by atoms with Gasteiger partial charge in [0.1, 0.15) is 5.75 Å². The summed E-state index contributed by atoms with van der Waals surface area (Å²) in [5, 5.41) is 5.42. The van der Waals surface area contributed by atoms with Crippen molar-refractivity contribution in [2.45, 2.75) is 13.8 Å². The third-order valence-corrected chi connectivity index (χ3v) is 3.47. The summed E-state index contributed by atoms with van der Waals surface area (Å²) in [5.41, 5.74) is 4.63. The lowest BCUT2D eigenvalue weighted by molar-refractivity contribution is 0.234. The number of aromatic amines is 1. The molecule has 1 aromatic heterocycles. The largest absolute Gasteiger partial charge is 0.473 e. The molecule has 3 rings (SSSR count). The van der Waals surface area contributed by atoms with Crippen molar-refractivity contribution < 1.29 is 9.53 Å². The van der Waals surface area contributed by atoms with Crippen LogP contribution in [0.2, 0.25) is 0 Å². The van der Waals surface area contributed by atoms with Crippen molar-refractivity contribution in [2.75, 3.05) is 12.0 Å². The summed E-state index contributed by atoms with van der Waals surface area (Å²) in [7, 11) is 0. The summed E-state index contributed by atoms with van der Waals surface area (Å²) >= 11 is 0. The van der Waals surface area contributed by atoms with Crippen LogP contribution in [0, 0.1) is 13.8 Å². The number of imidazole rings is 1. The first-order valence-electron chi connectivity index (χ1n) is 7.30. The predicted octanol–water partition coefficient (Wildman–Crippen LogP) is 3.34. The lowest BCUT2D eigenvalue weighted by Crippen LogP contribution is -2.32. The highest BCUT2D eigenvalue weighted by atomic mass is 16.5. The second-order valence-corrected chi connectivity index (χ2v) is 5.32. The summed E-state index contributed by atoms with van der Waals surface area (Å²) < 4.78 is 5.57. The normalized spacial score (nSPS) is 10.5. The molecule has 6 nitrogen and oxygen atoms in total. The summed E-state index contributed by atoms with van der Waals surface area (Å²) in [6.07, 6.45) is 1.62. The Labute approximate surface area is 133 Å². The first-order chi connectivity index (χ1) is 11.1. The molecular formula is C17H18N4O2. The van der Waals surface area contributed by atoms with Gasteiger partial charge in [0, 0.05) is 5.69 Å². The van der Waals surface area contributed by atoms with E-state index in [1.165, 1.54) is 5.56 Å². The number of fused-ring (bicyclic) bond motifs is 1. The molecule has 3 N–H and O–H groups in total. The maximum atomic E-state index is 11.9. The van der Waals surface area contributed by atoms with Gasteiger partial charge in [0.05, 0.1) is 17.4 Å². The van der Waals surface area contributed by atoms with Crippen LogP contribution in [0.3, 0.4) is 0 Å². The molecule has 0 aliphatic heterocycles. The molecule has 118 valence electrons. The van der Waals surface area contributed by atoms with E-state index in [-0.39, 0.29) is 12.8 Å². The van der Waals surface area contributed by atoms with E-state index in [4.69, 9.17) is 4.74 Å². The molecule has 0 unspecified atom stereocenters. The Morgan fingerprint density at radius 2 is 2.09 bits per heavy atom. The highest BCUT2D eigenvalue weighted by Gasteiger charge is 2.04. The molecule has 0 fully saturated rings. The van der Waals surface area contributed by atoms with Crippen LogP contribution >= 0.6 is 0 Å². The Balaban J connectivity index is 1.53. The molecule has 0 bridgehead atoms. The van der Waals surface area contributed by atoms with Crippen LogP contribution in [-0.2, 0) is 0 Å². The number of carbonyl (C=O) groups is 1. The molecule has 0 saturated carbocycles. The lowest BCUT2D eigenvalue weighted by atomic mass is 10.1. The smallest absolute Gasteiger partial charge is 0.321 e. The average Bonchev–Trinajstić information content (AvgIpc) is 2.97. The van der Waals surface area contributed by atoms with Gasteiger partial charge in [-0.15, -0.1) is 0 Å². The molecule has 0 saturated heterocycles. The lowest BCUT2D eigenvalue weighted by Gasteiger charge is -2.11. The van der Waals surface area contributed by atoms with Crippen LogP contribution in [0.5, 0.6) is 5.75 Å². The number of aryl methyl sites for hydroxylation is 2. The zero-order chi connectivity index (χ0) is 16.2.